The van der Waals surface area contributed by atoms with Crippen molar-refractivity contribution in [2.45, 2.75) is 38.6 Å². The molecule has 0 unspecified atom stereocenters. The molecule has 114 valence electrons. The Labute approximate surface area is 131 Å². The van der Waals surface area contributed by atoms with E-state index >= 15 is 0 Å². The number of H-pyrrole nitrogens is 1. The van der Waals surface area contributed by atoms with Gasteiger partial charge in [-0.15, -0.1) is 0 Å². The van der Waals surface area contributed by atoms with Crippen molar-refractivity contribution in [3.63, 3.8) is 0 Å². The number of aromatic nitrogens is 1. The van der Waals surface area contributed by atoms with E-state index in [9.17, 15) is 4.79 Å². The summed E-state index contributed by atoms with van der Waals surface area (Å²) in [4.78, 5) is 17.8. The SMILES string of the molecule is CN(C)Cc1cccc2c1Cc1c-2[nH]c(=O)c2c1CCCC2. The topological polar surface area (TPSA) is 36.1 Å². The van der Waals surface area contributed by atoms with Gasteiger partial charge in [-0.3, -0.25) is 4.79 Å². The van der Waals surface area contributed by atoms with Crippen LogP contribution >= 0.6 is 0 Å². The van der Waals surface area contributed by atoms with Crippen LogP contribution in [0.3, 0.4) is 0 Å². The first kappa shape index (κ1) is 13.8. The third-order valence-electron chi connectivity index (χ3n) is 5.03. The van der Waals surface area contributed by atoms with Crippen LogP contribution < -0.4 is 5.56 Å². The smallest absolute Gasteiger partial charge is 0.251 e. The first-order chi connectivity index (χ1) is 10.6. The van der Waals surface area contributed by atoms with E-state index in [2.05, 4.69) is 42.2 Å². The Hall–Kier alpha value is -1.87. The summed E-state index contributed by atoms with van der Waals surface area (Å²) in [5, 5.41) is 0. The first-order valence-corrected chi connectivity index (χ1v) is 8.18. The van der Waals surface area contributed by atoms with Crippen molar-refractivity contribution in [3.8, 4) is 11.3 Å². The number of nitrogens with zero attached hydrogens (tertiary/aromatic N) is 1. The van der Waals surface area contributed by atoms with Crippen molar-refractivity contribution in [2.24, 2.45) is 0 Å². The number of nitrogens with one attached hydrogen (secondary N) is 1. The van der Waals surface area contributed by atoms with Crippen LogP contribution in [-0.4, -0.2) is 24.0 Å². The molecule has 3 nitrogen and oxygen atoms in total. The fourth-order valence-corrected chi connectivity index (χ4v) is 4.07. The molecule has 0 amide bonds. The lowest BCUT2D eigenvalue weighted by Crippen LogP contribution is -2.21. The summed E-state index contributed by atoms with van der Waals surface area (Å²) in [6.45, 7) is 0.948. The number of rotatable bonds is 2. The third kappa shape index (κ3) is 2.03. The summed E-state index contributed by atoms with van der Waals surface area (Å²) in [5.74, 6) is 0. The number of pyridine rings is 1. The van der Waals surface area contributed by atoms with Crippen molar-refractivity contribution >= 4 is 0 Å². The van der Waals surface area contributed by atoms with Crippen molar-refractivity contribution in [3.05, 3.63) is 56.4 Å². The van der Waals surface area contributed by atoms with E-state index in [0.717, 1.165) is 43.5 Å². The molecule has 0 atom stereocenters. The summed E-state index contributed by atoms with van der Waals surface area (Å²) >= 11 is 0. The Morgan fingerprint density at radius 2 is 1.82 bits per heavy atom. The maximum Gasteiger partial charge on any atom is 0.251 e. The van der Waals surface area contributed by atoms with Crippen LogP contribution in [0.2, 0.25) is 0 Å². The summed E-state index contributed by atoms with van der Waals surface area (Å²) < 4.78 is 0. The molecule has 0 saturated carbocycles. The van der Waals surface area contributed by atoms with Gasteiger partial charge in [-0.25, -0.2) is 0 Å². The highest BCUT2D eigenvalue weighted by Crippen LogP contribution is 2.40. The molecule has 0 aliphatic heterocycles. The Morgan fingerprint density at radius 1 is 1.05 bits per heavy atom. The van der Waals surface area contributed by atoms with Crippen LogP contribution in [0.5, 0.6) is 0 Å². The predicted molar refractivity (Wildman–Crippen MR) is 89.3 cm³/mol. The molecule has 1 aromatic carbocycles. The fraction of sp³-hybridized carbons (Fsp3) is 0.421. The molecule has 0 saturated heterocycles. The molecule has 0 radical (unpaired) electrons. The number of benzene rings is 1. The Morgan fingerprint density at radius 3 is 2.59 bits per heavy atom. The predicted octanol–water partition coefficient (Wildman–Crippen LogP) is 2.89. The van der Waals surface area contributed by atoms with Crippen LogP contribution in [0.25, 0.3) is 11.3 Å². The van der Waals surface area contributed by atoms with E-state index in [1.807, 2.05) is 0 Å². The molecule has 2 aliphatic rings. The molecular weight excluding hydrogens is 272 g/mol. The van der Waals surface area contributed by atoms with Gasteiger partial charge in [-0.1, -0.05) is 18.2 Å². The maximum atomic E-state index is 12.4. The summed E-state index contributed by atoms with van der Waals surface area (Å²) in [6.07, 6.45) is 5.35. The first-order valence-electron chi connectivity index (χ1n) is 8.18. The van der Waals surface area contributed by atoms with Crippen LogP contribution in [0.15, 0.2) is 23.0 Å². The molecule has 2 aliphatic carbocycles. The Kier molecular flexibility index (Phi) is 3.19. The van der Waals surface area contributed by atoms with Crippen molar-refractivity contribution in [1.82, 2.24) is 9.88 Å². The third-order valence-corrected chi connectivity index (χ3v) is 5.03. The fourth-order valence-electron chi connectivity index (χ4n) is 4.07. The second-order valence-corrected chi connectivity index (χ2v) is 6.83. The van der Waals surface area contributed by atoms with Crippen LogP contribution in [-0.2, 0) is 25.8 Å². The van der Waals surface area contributed by atoms with Crippen LogP contribution in [0.4, 0.5) is 0 Å². The van der Waals surface area contributed by atoms with Gasteiger partial charge in [0.15, 0.2) is 0 Å². The molecule has 4 rings (SSSR count). The van der Waals surface area contributed by atoms with E-state index in [-0.39, 0.29) is 5.56 Å². The minimum Gasteiger partial charge on any atom is -0.321 e. The maximum absolute atomic E-state index is 12.4. The molecule has 0 bridgehead atoms. The van der Waals surface area contributed by atoms with Gasteiger partial charge in [0, 0.05) is 24.1 Å². The molecular formula is C19H22N2O. The van der Waals surface area contributed by atoms with Gasteiger partial charge >= 0.3 is 0 Å². The Balaban J connectivity index is 1.90. The van der Waals surface area contributed by atoms with Gasteiger partial charge in [0.25, 0.3) is 5.56 Å². The highest BCUT2D eigenvalue weighted by atomic mass is 16.1. The second-order valence-electron chi connectivity index (χ2n) is 6.83. The van der Waals surface area contributed by atoms with E-state index in [1.165, 1.54) is 34.2 Å². The summed E-state index contributed by atoms with van der Waals surface area (Å²) in [6, 6.07) is 6.49. The summed E-state index contributed by atoms with van der Waals surface area (Å²) in [7, 11) is 4.20. The lowest BCUT2D eigenvalue weighted by atomic mass is 9.88. The highest BCUT2D eigenvalue weighted by Gasteiger charge is 2.28. The molecule has 3 heteroatoms. The van der Waals surface area contributed by atoms with Gasteiger partial charge < -0.3 is 9.88 Å². The largest absolute Gasteiger partial charge is 0.321 e. The monoisotopic (exact) mass is 294 g/mol. The number of fused-ring (bicyclic) bond motifs is 5. The highest BCUT2D eigenvalue weighted by molar-refractivity contribution is 5.76. The van der Waals surface area contributed by atoms with Gasteiger partial charge in [0.05, 0.1) is 5.69 Å². The lowest BCUT2D eigenvalue weighted by Gasteiger charge is -2.18. The number of aromatic amines is 1. The van der Waals surface area contributed by atoms with Crippen molar-refractivity contribution in [1.29, 1.82) is 0 Å². The van der Waals surface area contributed by atoms with Crippen molar-refractivity contribution < 1.29 is 0 Å². The zero-order valence-electron chi connectivity index (χ0n) is 13.3. The van der Waals surface area contributed by atoms with Crippen molar-refractivity contribution in [2.75, 3.05) is 14.1 Å². The average Bonchev–Trinajstić information content (AvgIpc) is 2.87. The van der Waals surface area contributed by atoms with Crippen LogP contribution in [0.1, 0.15) is 40.7 Å². The molecule has 1 heterocycles. The van der Waals surface area contributed by atoms with Gasteiger partial charge in [0.2, 0.25) is 0 Å². The standard InChI is InChI=1S/C19H22N2O/c1-21(2)11-12-6-5-9-14-16(12)10-17-13-7-3-4-8-15(13)19(22)20-18(14)17/h5-6,9H,3-4,7-8,10-11H2,1-2H3,(H,20,22). The minimum absolute atomic E-state index is 0.138. The quantitative estimate of drug-likeness (QED) is 0.789. The number of hydrogen-bond donors (Lipinski definition) is 1. The zero-order chi connectivity index (χ0) is 15.3. The van der Waals surface area contributed by atoms with E-state index in [4.69, 9.17) is 0 Å². The zero-order valence-corrected chi connectivity index (χ0v) is 13.3. The number of hydrogen-bond acceptors (Lipinski definition) is 2. The second kappa shape index (κ2) is 5.10. The average molecular weight is 294 g/mol. The van der Waals surface area contributed by atoms with E-state index in [0.29, 0.717) is 0 Å². The lowest BCUT2D eigenvalue weighted by molar-refractivity contribution is 0.401. The van der Waals surface area contributed by atoms with E-state index in [1.54, 1.807) is 0 Å². The van der Waals surface area contributed by atoms with Crippen LogP contribution in [0, 0.1) is 0 Å². The molecule has 0 spiro atoms. The Bertz CT molecular complexity index is 802. The van der Waals surface area contributed by atoms with E-state index < -0.39 is 0 Å². The van der Waals surface area contributed by atoms with Gasteiger partial charge in [-0.05, 0) is 62.0 Å². The molecule has 22 heavy (non-hydrogen) atoms. The minimum atomic E-state index is 0.138. The van der Waals surface area contributed by atoms with Gasteiger partial charge in [0.1, 0.15) is 0 Å². The molecule has 1 aromatic heterocycles. The molecule has 2 aromatic rings. The summed E-state index contributed by atoms with van der Waals surface area (Å²) in [5.41, 5.74) is 9.02. The molecule has 0 fully saturated rings. The normalized spacial score (nSPS) is 15.6. The molecule has 1 N–H and O–H groups in total. The van der Waals surface area contributed by atoms with Gasteiger partial charge in [-0.2, -0.15) is 0 Å².